The molecule has 1 heterocycles. The summed E-state index contributed by atoms with van der Waals surface area (Å²) in [6.45, 7) is 0. The van der Waals surface area contributed by atoms with Gasteiger partial charge in [0.25, 0.3) is 0 Å². The number of benzene rings is 1. The van der Waals surface area contributed by atoms with Gasteiger partial charge in [0, 0.05) is 10.0 Å². The minimum Gasteiger partial charge on any atom is -0.337 e. The second-order valence-electron chi connectivity index (χ2n) is 5.36. The van der Waals surface area contributed by atoms with Gasteiger partial charge in [-0.3, -0.25) is 0 Å². The first-order valence-electron chi connectivity index (χ1n) is 7.10. The summed E-state index contributed by atoms with van der Waals surface area (Å²) in [5.41, 5.74) is 7.22. The Morgan fingerprint density at radius 3 is 2.70 bits per heavy atom. The number of halogens is 1. The van der Waals surface area contributed by atoms with E-state index in [9.17, 15) is 0 Å². The highest BCUT2D eigenvalue weighted by Gasteiger charge is 2.26. The lowest BCUT2D eigenvalue weighted by Crippen LogP contribution is -2.23. The van der Waals surface area contributed by atoms with Crippen molar-refractivity contribution in [1.82, 2.24) is 10.1 Å². The zero-order valence-corrected chi connectivity index (χ0v) is 12.8. The SMILES string of the molecule is NC(c1nc(-c2ccccc2Br)no1)C1CCCCC1. The molecule has 1 aliphatic carbocycles. The first kappa shape index (κ1) is 13.8. The van der Waals surface area contributed by atoms with E-state index in [-0.39, 0.29) is 6.04 Å². The summed E-state index contributed by atoms with van der Waals surface area (Å²) < 4.78 is 6.34. The Bertz CT molecular complexity index is 578. The molecule has 2 aromatic rings. The third-order valence-electron chi connectivity index (χ3n) is 4.00. The van der Waals surface area contributed by atoms with E-state index in [0.717, 1.165) is 22.9 Å². The highest BCUT2D eigenvalue weighted by molar-refractivity contribution is 9.10. The zero-order chi connectivity index (χ0) is 13.9. The highest BCUT2D eigenvalue weighted by atomic mass is 79.9. The summed E-state index contributed by atoms with van der Waals surface area (Å²) in [7, 11) is 0. The quantitative estimate of drug-likeness (QED) is 0.917. The van der Waals surface area contributed by atoms with E-state index in [1.165, 1.54) is 19.3 Å². The van der Waals surface area contributed by atoms with Crippen LogP contribution in [0.25, 0.3) is 11.4 Å². The molecule has 5 heteroatoms. The molecule has 20 heavy (non-hydrogen) atoms. The van der Waals surface area contributed by atoms with E-state index in [4.69, 9.17) is 10.3 Å². The van der Waals surface area contributed by atoms with Gasteiger partial charge in [-0.1, -0.05) is 52.5 Å². The van der Waals surface area contributed by atoms with Crippen LogP contribution < -0.4 is 5.73 Å². The Morgan fingerprint density at radius 2 is 1.95 bits per heavy atom. The van der Waals surface area contributed by atoms with Crippen LogP contribution in [0.3, 0.4) is 0 Å². The minimum absolute atomic E-state index is 0.140. The molecule has 0 aliphatic heterocycles. The van der Waals surface area contributed by atoms with Gasteiger partial charge in [-0.15, -0.1) is 0 Å². The zero-order valence-electron chi connectivity index (χ0n) is 11.3. The van der Waals surface area contributed by atoms with E-state index in [2.05, 4.69) is 26.1 Å². The standard InChI is InChI=1S/C15H18BrN3O/c16-12-9-5-4-8-11(12)14-18-15(20-19-14)13(17)10-6-2-1-3-7-10/h4-5,8-10,13H,1-3,6-7,17H2. The van der Waals surface area contributed by atoms with Gasteiger partial charge in [0.2, 0.25) is 11.7 Å². The average molecular weight is 336 g/mol. The number of nitrogens with zero attached hydrogens (tertiary/aromatic N) is 2. The Morgan fingerprint density at radius 1 is 1.20 bits per heavy atom. The average Bonchev–Trinajstić information content (AvgIpc) is 2.97. The molecule has 1 fully saturated rings. The van der Waals surface area contributed by atoms with Crippen molar-refractivity contribution >= 4 is 15.9 Å². The van der Waals surface area contributed by atoms with Crippen LogP contribution in [-0.4, -0.2) is 10.1 Å². The lowest BCUT2D eigenvalue weighted by atomic mass is 9.84. The van der Waals surface area contributed by atoms with Crippen LogP contribution >= 0.6 is 15.9 Å². The summed E-state index contributed by atoms with van der Waals surface area (Å²) in [6, 6.07) is 7.70. The molecule has 1 aromatic heterocycles. The van der Waals surface area contributed by atoms with Gasteiger partial charge in [-0.25, -0.2) is 0 Å². The number of aromatic nitrogens is 2. The molecular formula is C15H18BrN3O. The van der Waals surface area contributed by atoms with Crippen LogP contribution in [0.5, 0.6) is 0 Å². The van der Waals surface area contributed by atoms with Gasteiger partial charge in [0.15, 0.2) is 0 Å². The molecule has 1 aliphatic rings. The fourth-order valence-electron chi connectivity index (χ4n) is 2.82. The molecule has 2 N–H and O–H groups in total. The Hall–Kier alpha value is -1.20. The molecule has 0 saturated heterocycles. The van der Waals surface area contributed by atoms with Gasteiger partial charge in [-0.05, 0) is 30.9 Å². The smallest absolute Gasteiger partial charge is 0.244 e. The number of rotatable bonds is 3. The molecular weight excluding hydrogens is 318 g/mol. The number of hydrogen-bond donors (Lipinski definition) is 1. The molecule has 3 rings (SSSR count). The monoisotopic (exact) mass is 335 g/mol. The third kappa shape index (κ3) is 2.79. The van der Waals surface area contributed by atoms with Crippen LogP contribution in [0.2, 0.25) is 0 Å². The number of hydrogen-bond acceptors (Lipinski definition) is 4. The van der Waals surface area contributed by atoms with Crippen molar-refractivity contribution in [3.63, 3.8) is 0 Å². The minimum atomic E-state index is -0.140. The lowest BCUT2D eigenvalue weighted by molar-refractivity contribution is 0.255. The van der Waals surface area contributed by atoms with Crippen LogP contribution in [-0.2, 0) is 0 Å². The van der Waals surface area contributed by atoms with Gasteiger partial charge in [0.1, 0.15) is 0 Å². The van der Waals surface area contributed by atoms with E-state index in [1.54, 1.807) is 0 Å². The topological polar surface area (TPSA) is 64.9 Å². The van der Waals surface area contributed by atoms with Gasteiger partial charge < -0.3 is 10.3 Å². The molecule has 4 nitrogen and oxygen atoms in total. The lowest BCUT2D eigenvalue weighted by Gasteiger charge is -2.24. The highest BCUT2D eigenvalue weighted by Crippen LogP contribution is 2.33. The fraction of sp³-hybridized carbons (Fsp3) is 0.467. The summed E-state index contributed by atoms with van der Waals surface area (Å²) in [5, 5.41) is 4.07. The first-order chi connectivity index (χ1) is 9.75. The summed E-state index contributed by atoms with van der Waals surface area (Å²) >= 11 is 3.50. The van der Waals surface area contributed by atoms with Crippen molar-refractivity contribution in [2.45, 2.75) is 38.1 Å². The molecule has 1 unspecified atom stereocenters. The molecule has 0 amide bonds. The van der Waals surface area contributed by atoms with Crippen molar-refractivity contribution in [2.24, 2.45) is 11.7 Å². The van der Waals surface area contributed by atoms with Crippen LogP contribution in [0.1, 0.15) is 44.0 Å². The largest absolute Gasteiger partial charge is 0.337 e. The van der Waals surface area contributed by atoms with Gasteiger partial charge in [-0.2, -0.15) is 4.98 Å². The Kier molecular flexibility index (Phi) is 4.17. The van der Waals surface area contributed by atoms with Crippen molar-refractivity contribution in [2.75, 3.05) is 0 Å². The maximum absolute atomic E-state index is 6.29. The van der Waals surface area contributed by atoms with E-state index < -0.39 is 0 Å². The van der Waals surface area contributed by atoms with Crippen molar-refractivity contribution < 1.29 is 4.52 Å². The summed E-state index contributed by atoms with van der Waals surface area (Å²) in [4.78, 5) is 4.48. The van der Waals surface area contributed by atoms with Gasteiger partial charge in [0.05, 0.1) is 6.04 Å². The van der Waals surface area contributed by atoms with E-state index in [0.29, 0.717) is 17.6 Å². The maximum atomic E-state index is 6.29. The predicted octanol–water partition coefficient (Wildman–Crippen LogP) is 4.08. The predicted molar refractivity (Wildman–Crippen MR) is 80.9 cm³/mol. The number of nitrogens with two attached hydrogens (primary N) is 1. The molecule has 0 bridgehead atoms. The summed E-state index contributed by atoms with van der Waals surface area (Å²) in [6.07, 6.45) is 6.14. The van der Waals surface area contributed by atoms with Crippen LogP contribution in [0.4, 0.5) is 0 Å². The molecule has 1 saturated carbocycles. The maximum Gasteiger partial charge on any atom is 0.244 e. The Labute approximate surface area is 126 Å². The van der Waals surface area contributed by atoms with E-state index >= 15 is 0 Å². The first-order valence-corrected chi connectivity index (χ1v) is 7.89. The van der Waals surface area contributed by atoms with Crippen LogP contribution in [0.15, 0.2) is 33.3 Å². The fourth-order valence-corrected chi connectivity index (χ4v) is 3.28. The third-order valence-corrected chi connectivity index (χ3v) is 4.69. The molecule has 106 valence electrons. The molecule has 1 aromatic carbocycles. The Balaban J connectivity index is 1.81. The second-order valence-corrected chi connectivity index (χ2v) is 6.21. The second kappa shape index (κ2) is 6.06. The van der Waals surface area contributed by atoms with Gasteiger partial charge >= 0.3 is 0 Å². The van der Waals surface area contributed by atoms with Crippen molar-refractivity contribution in [3.8, 4) is 11.4 Å². The van der Waals surface area contributed by atoms with E-state index in [1.807, 2.05) is 24.3 Å². The van der Waals surface area contributed by atoms with Crippen molar-refractivity contribution in [3.05, 3.63) is 34.6 Å². The van der Waals surface area contributed by atoms with Crippen molar-refractivity contribution in [1.29, 1.82) is 0 Å². The molecule has 0 radical (unpaired) electrons. The summed E-state index contributed by atoms with van der Waals surface area (Å²) in [5.74, 6) is 1.62. The molecule has 1 atom stereocenters. The van der Waals surface area contributed by atoms with Crippen LogP contribution in [0, 0.1) is 5.92 Å². The normalized spacial score (nSPS) is 18.1. The molecule has 0 spiro atoms.